The van der Waals surface area contributed by atoms with Crippen LogP contribution in [-0.2, 0) is 14.8 Å². The van der Waals surface area contributed by atoms with Crippen molar-refractivity contribution in [3.8, 4) is 22.6 Å². The summed E-state index contributed by atoms with van der Waals surface area (Å²) in [5.41, 5.74) is 2.35. The zero-order valence-corrected chi connectivity index (χ0v) is 20.6. The molecule has 0 saturated carbocycles. The Balaban J connectivity index is 1.54. The summed E-state index contributed by atoms with van der Waals surface area (Å²) in [6, 6.07) is 19.4. The van der Waals surface area contributed by atoms with Crippen LogP contribution < -0.4 is 9.47 Å². The summed E-state index contributed by atoms with van der Waals surface area (Å²) < 4.78 is 38.0. The predicted octanol–water partition coefficient (Wildman–Crippen LogP) is 2.97. The molecular weight excluding hydrogens is 484 g/mol. The number of hydrogen-bond acceptors (Lipinski definition) is 6. The average Bonchev–Trinajstić information content (AvgIpc) is 2.92. The predicted molar refractivity (Wildman–Crippen MR) is 133 cm³/mol. The first-order chi connectivity index (χ1) is 17.3. The van der Waals surface area contributed by atoms with Gasteiger partial charge in [0.1, 0.15) is 6.04 Å². The lowest BCUT2D eigenvalue weighted by Crippen LogP contribution is -2.59. The van der Waals surface area contributed by atoms with Gasteiger partial charge >= 0.3 is 5.97 Å². The van der Waals surface area contributed by atoms with Crippen LogP contribution in [-0.4, -0.2) is 74.5 Å². The third kappa shape index (κ3) is 4.91. The van der Waals surface area contributed by atoms with Crippen LogP contribution in [0, 0.1) is 0 Å². The fourth-order valence-corrected chi connectivity index (χ4v) is 5.75. The molecule has 0 aliphatic carbocycles. The SMILES string of the molecule is COc1ccc(S(=O)(=O)N2CCN(C(=O)c3ccc(-c4ccccc4)cc3)CC2C(=O)O)cc1OC. The second-order valence-corrected chi connectivity index (χ2v) is 10.1. The van der Waals surface area contributed by atoms with Crippen molar-refractivity contribution in [3.05, 3.63) is 78.4 Å². The summed E-state index contributed by atoms with van der Waals surface area (Å²) in [6.07, 6.45) is 0. The first kappa shape index (κ1) is 25.2. The molecule has 1 fully saturated rings. The molecule has 1 N–H and O–H groups in total. The number of methoxy groups -OCH3 is 2. The van der Waals surface area contributed by atoms with E-state index in [9.17, 15) is 23.1 Å². The number of carboxylic acids is 1. The van der Waals surface area contributed by atoms with Crippen LogP contribution in [0.1, 0.15) is 10.4 Å². The summed E-state index contributed by atoms with van der Waals surface area (Å²) in [7, 11) is -1.38. The Morgan fingerprint density at radius 1 is 0.861 bits per heavy atom. The van der Waals surface area contributed by atoms with Gasteiger partial charge in [-0.2, -0.15) is 4.31 Å². The van der Waals surface area contributed by atoms with Crippen molar-refractivity contribution in [2.75, 3.05) is 33.9 Å². The maximum absolute atomic E-state index is 13.4. The van der Waals surface area contributed by atoms with E-state index in [1.165, 1.54) is 37.3 Å². The maximum atomic E-state index is 13.4. The summed E-state index contributed by atoms with van der Waals surface area (Å²) in [4.78, 5) is 26.5. The summed E-state index contributed by atoms with van der Waals surface area (Å²) in [6.45, 7) is -0.391. The number of aliphatic carboxylic acids is 1. The van der Waals surface area contributed by atoms with Gasteiger partial charge in [-0.15, -0.1) is 0 Å². The summed E-state index contributed by atoms with van der Waals surface area (Å²) >= 11 is 0. The van der Waals surface area contributed by atoms with E-state index in [0.29, 0.717) is 11.3 Å². The van der Waals surface area contributed by atoms with Crippen molar-refractivity contribution in [1.82, 2.24) is 9.21 Å². The van der Waals surface area contributed by atoms with Crippen molar-refractivity contribution in [3.63, 3.8) is 0 Å². The number of nitrogens with zero attached hydrogens (tertiary/aromatic N) is 2. The van der Waals surface area contributed by atoms with Gasteiger partial charge in [-0.3, -0.25) is 9.59 Å². The Morgan fingerprint density at radius 3 is 2.11 bits per heavy atom. The largest absolute Gasteiger partial charge is 0.493 e. The lowest BCUT2D eigenvalue weighted by atomic mass is 10.0. The molecule has 4 rings (SSSR count). The molecule has 188 valence electrons. The number of amides is 1. The van der Waals surface area contributed by atoms with Crippen molar-refractivity contribution < 1.29 is 32.6 Å². The van der Waals surface area contributed by atoms with Gasteiger partial charge in [0.15, 0.2) is 11.5 Å². The Bertz CT molecular complexity index is 1360. The lowest BCUT2D eigenvalue weighted by Gasteiger charge is -2.38. The Morgan fingerprint density at radius 2 is 1.50 bits per heavy atom. The molecule has 1 aliphatic heterocycles. The van der Waals surface area contributed by atoms with Crippen molar-refractivity contribution in [2.45, 2.75) is 10.9 Å². The molecule has 1 heterocycles. The normalized spacial score (nSPS) is 16.4. The van der Waals surface area contributed by atoms with Gasteiger partial charge < -0.3 is 19.5 Å². The van der Waals surface area contributed by atoms with Gasteiger partial charge in [0.2, 0.25) is 10.0 Å². The van der Waals surface area contributed by atoms with Gasteiger partial charge in [-0.1, -0.05) is 42.5 Å². The molecule has 1 amide bonds. The van der Waals surface area contributed by atoms with E-state index in [2.05, 4.69) is 0 Å². The highest BCUT2D eigenvalue weighted by Crippen LogP contribution is 2.32. The quantitative estimate of drug-likeness (QED) is 0.520. The molecule has 0 aromatic heterocycles. The van der Waals surface area contributed by atoms with Crippen molar-refractivity contribution >= 4 is 21.9 Å². The molecule has 0 bridgehead atoms. The first-order valence-electron chi connectivity index (χ1n) is 11.2. The number of piperazine rings is 1. The van der Waals surface area contributed by atoms with E-state index in [4.69, 9.17) is 9.47 Å². The maximum Gasteiger partial charge on any atom is 0.323 e. The fourth-order valence-electron chi connectivity index (χ4n) is 4.17. The van der Waals surface area contributed by atoms with Crippen LogP contribution in [0.5, 0.6) is 11.5 Å². The number of sulfonamides is 1. The Kier molecular flexibility index (Phi) is 7.27. The van der Waals surface area contributed by atoms with Crippen LogP contribution in [0.4, 0.5) is 0 Å². The Labute approximate surface area is 209 Å². The van der Waals surface area contributed by atoms with Gasteiger partial charge in [-0.25, -0.2) is 8.42 Å². The summed E-state index contributed by atoms with van der Waals surface area (Å²) in [5, 5.41) is 9.85. The van der Waals surface area contributed by atoms with Crippen LogP contribution in [0.15, 0.2) is 77.7 Å². The molecule has 9 nitrogen and oxygen atoms in total. The van der Waals surface area contributed by atoms with Crippen LogP contribution >= 0.6 is 0 Å². The third-order valence-electron chi connectivity index (χ3n) is 6.10. The van der Waals surface area contributed by atoms with Crippen LogP contribution in [0.3, 0.4) is 0 Å². The van der Waals surface area contributed by atoms with E-state index < -0.39 is 22.0 Å². The molecule has 3 aromatic carbocycles. The van der Waals surface area contributed by atoms with E-state index in [1.54, 1.807) is 12.1 Å². The van der Waals surface area contributed by atoms with Crippen molar-refractivity contribution in [1.29, 1.82) is 0 Å². The third-order valence-corrected chi connectivity index (χ3v) is 8.01. The highest BCUT2D eigenvalue weighted by molar-refractivity contribution is 7.89. The van der Waals surface area contributed by atoms with E-state index in [1.807, 2.05) is 42.5 Å². The molecule has 36 heavy (non-hydrogen) atoms. The number of carboxylic acid groups (broad SMARTS) is 1. The number of hydrogen-bond donors (Lipinski definition) is 1. The number of carbonyl (C=O) groups excluding carboxylic acids is 1. The van der Waals surface area contributed by atoms with E-state index >= 15 is 0 Å². The van der Waals surface area contributed by atoms with Gasteiger partial charge in [0.05, 0.1) is 19.1 Å². The number of carbonyl (C=O) groups is 2. The molecule has 1 atom stereocenters. The van der Waals surface area contributed by atoms with Crippen LogP contribution in [0.25, 0.3) is 11.1 Å². The van der Waals surface area contributed by atoms with Crippen LogP contribution in [0.2, 0.25) is 0 Å². The van der Waals surface area contributed by atoms with Gasteiger partial charge in [-0.05, 0) is 35.4 Å². The minimum atomic E-state index is -4.18. The monoisotopic (exact) mass is 510 g/mol. The molecule has 1 saturated heterocycles. The van der Waals surface area contributed by atoms with Crippen molar-refractivity contribution in [2.24, 2.45) is 0 Å². The number of rotatable bonds is 7. The molecule has 0 radical (unpaired) electrons. The second-order valence-electron chi connectivity index (χ2n) is 8.18. The molecule has 1 unspecified atom stereocenters. The second kappa shape index (κ2) is 10.4. The standard InChI is InChI=1S/C26H26N2O7S/c1-34-23-13-12-21(16-24(23)35-2)36(32,33)28-15-14-27(17-22(28)26(30)31)25(29)20-10-8-19(9-11-20)18-6-4-3-5-7-18/h3-13,16,22H,14-15,17H2,1-2H3,(H,30,31). The molecule has 1 aliphatic rings. The zero-order chi connectivity index (χ0) is 25.9. The molecule has 0 spiro atoms. The molecule has 3 aromatic rings. The van der Waals surface area contributed by atoms with Gasteiger partial charge in [0, 0.05) is 31.3 Å². The number of ether oxygens (including phenoxy) is 2. The minimum Gasteiger partial charge on any atom is -0.493 e. The Hall–Kier alpha value is -3.89. The average molecular weight is 511 g/mol. The minimum absolute atomic E-state index is 0.0512. The topological polar surface area (TPSA) is 113 Å². The summed E-state index contributed by atoms with van der Waals surface area (Å²) in [5.74, 6) is -1.14. The molecular formula is C26H26N2O7S. The smallest absolute Gasteiger partial charge is 0.323 e. The van der Waals surface area contributed by atoms with E-state index in [-0.39, 0.29) is 36.2 Å². The zero-order valence-electron chi connectivity index (χ0n) is 19.8. The number of benzene rings is 3. The fraction of sp³-hybridized carbons (Fsp3) is 0.231. The lowest BCUT2D eigenvalue weighted by molar-refractivity contribution is -0.142. The highest BCUT2D eigenvalue weighted by Gasteiger charge is 2.41. The van der Waals surface area contributed by atoms with E-state index in [0.717, 1.165) is 15.4 Å². The first-order valence-corrected chi connectivity index (χ1v) is 12.6. The highest BCUT2D eigenvalue weighted by atomic mass is 32.2. The van der Waals surface area contributed by atoms with Gasteiger partial charge in [0.25, 0.3) is 5.91 Å². The molecule has 10 heteroatoms.